The van der Waals surface area contributed by atoms with E-state index in [0.717, 1.165) is 23.4 Å². The molecule has 0 bridgehead atoms. The van der Waals surface area contributed by atoms with Gasteiger partial charge in [-0.05, 0) is 56.1 Å². The Morgan fingerprint density at radius 3 is 2.53 bits per heavy atom. The lowest BCUT2D eigenvalue weighted by atomic mass is 10.1. The number of ether oxygens (including phenoxy) is 1. The highest BCUT2D eigenvalue weighted by molar-refractivity contribution is 7.71. The number of hydrogen-bond acceptors (Lipinski definition) is 5. The van der Waals surface area contributed by atoms with E-state index in [1.807, 2.05) is 73.3 Å². The monoisotopic (exact) mass is 425 g/mol. The lowest BCUT2D eigenvalue weighted by Gasteiger charge is -2.23. The minimum Gasteiger partial charge on any atom is -0.497 e. The van der Waals surface area contributed by atoms with Crippen LogP contribution in [0.3, 0.4) is 0 Å². The number of benzene rings is 2. The number of nitrogens with zero attached hydrogens (tertiary/aromatic N) is 3. The van der Waals surface area contributed by atoms with E-state index in [0.29, 0.717) is 23.6 Å². The lowest BCUT2D eigenvalue weighted by molar-refractivity contribution is -0.122. The van der Waals surface area contributed by atoms with Gasteiger partial charge in [-0.1, -0.05) is 30.3 Å². The second-order valence-corrected chi connectivity index (χ2v) is 7.66. The van der Waals surface area contributed by atoms with Crippen LogP contribution in [0.5, 0.6) is 5.75 Å². The van der Waals surface area contributed by atoms with Crippen molar-refractivity contribution < 1.29 is 9.53 Å². The van der Waals surface area contributed by atoms with Gasteiger partial charge in [-0.3, -0.25) is 14.5 Å². The second kappa shape index (κ2) is 10.2. The molecular weight excluding hydrogens is 398 g/mol. The van der Waals surface area contributed by atoms with Crippen LogP contribution in [-0.2, 0) is 11.3 Å². The van der Waals surface area contributed by atoms with E-state index >= 15 is 0 Å². The number of aromatic nitrogens is 3. The molecule has 3 rings (SSSR count). The number of nitrogens with one attached hydrogen (secondary N) is 2. The molecule has 0 aliphatic carbocycles. The number of rotatable bonds is 9. The van der Waals surface area contributed by atoms with Gasteiger partial charge in [-0.15, -0.1) is 0 Å². The fourth-order valence-corrected chi connectivity index (χ4v) is 3.47. The van der Waals surface area contributed by atoms with Gasteiger partial charge in [0.2, 0.25) is 5.91 Å². The molecule has 1 aromatic heterocycles. The standard InChI is InChI=1S/C22H27N5O2S/c1-26(2)15-19(16-7-5-4-6-8-16)23-20(28)13-14-27-21(24-25-22(27)30)17-9-11-18(29-3)12-10-17/h4-12,19H,13-15H2,1-3H3,(H,23,28)(H,25,30). The lowest BCUT2D eigenvalue weighted by Crippen LogP contribution is -2.35. The zero-order chi connectivity index (χ0) is 21.5. The SMILES string of the molecule is COc1ccc(-c2n[nH]c(=S)n2CCC(=O)NC(CN(C)C)c2ccccc2)cc1. The van der Waals surface area contributed by atoms with E-state index in [2.05, 4.69) is 20.4 Å². The zero-order valence-electron chi connectivity index (χ0n) is 17.5. The van der Waals surface area contributed by atoms with Gasteiger partial charge < -0.3 is 15.0 Å². The third-order valence-corrected chi connectivity index (χ3v) is 5.07. The third-order valence-electron chi connectivity index (χ3n) is 4.75. The van der Waals surface area contributed by atoms with E-state index < -0.39 is 0 Å². The Balaban J connectivity index is 1.69. The van der Waals surface area contributed by atoms with Gasteiger partial charge in [0.1, 0.15) is 5.75 Å². The van der Waals surface area contributed by atoms with Crippen LogP contribution in [0.2, 0.25) is 0 Å². The summed E-state index contributed by atoms with van der Waals surface area (Å²) in [6.45, 7) is 1.16. The average molecular weight is 426 g/mol. The van der Waals surface area contributed by atoms with Crippen molar-refractivity contribution >= 4 is 18.1 Å². The van der Waals surface area contributed by atoms with Gasteiger partial charge in [0.05, 0.1) is 13.2 Å². The van der Waals surface area contributed by atoms with E-state index in [-0.39, 0.29) is 11.9 Å². The molecule has 1 amide bonds. The number of aromatic amines is 1. The maximum atomic E-state index is 12.7. The van der Waals surface area contributed by atoms with Gasteiger partial charge in [0.25, 0.3) is 0 Å². The highest BCUT2D eigenvalue weighted by Crippen LogP contribution is 2.21. The second-order valence-electron chi connectivity index (χ2n) is 7.28. The first-order valence-electron chi connectivity index (χ1n) is 9.76. The molecule has 30 heavy (non-hydrogen) atoms. The molecule has 0 spiro atoms. The molecule has 0 fully saturated rings. The summed E-state index contributed by atoms with van der Waals surface area (Å²) in [6, 6.07) is 17.5. The Morgan fingerprint density at radius 2 is 1.90 bits per heavy atom. The van der Waals surface area contributed by atoms with Gasteiger partial charge in [0, 0.05) is 25.1 Å². The molecule has 1 unspecified atom stereocenters. The molecule has 2 N–H and O–H groups in total. The van der Waals surface area contributed by atoms with Gasteiger partial charge >= 0.3 is 0 Å². The van der Waals surface area contributed by atoms with Crippen LogP contribution in [0, 0.1) is 4.77 Å². The highest BCUT2D eigenvalue weighted by Gasteiger charge is 2.16. The molecule has 0 saturated heterocycles. The summed E-state index contributed by atoms with van der Waals surface area (Å²) in [7, 11) is 5.62. The molecular formula is C22H27N5O2S. The number of H-pyrrole nitrogens is 1. The summed E-state index contributed by atoms with van der Waals surface area (Å²) in [5, 5.41) is 10.3. The quantitative estimate of drug-likeness (QED) is 0.514. The Kier molecular flexibility index (Phi) is 7.37. The summed E-state index contributed by atoms with van der Waals surface area (Å²) < 4.78 is 7.54. The first-order valence-corrected chi connectivity index (χ1v) is 10.2. The predicted molar refractivity (Wildman–Crippen MR) is 120 cm³/mol. The van der Waals surface area contributed by atoms with Crippen LogP contribution >= 0.6 is 12.2 Å². The first-order chi connectivity index (χ1) is 14.5. The number of likely N-dealkylation sites (N-methyl/N-ethyl adjacent to an activating group) is 1. The van der Waals surface area contributed by atoms with Crippen molar-refractivity contribution in [1.82, 2.24) is 25.0 Å². The van der Waals surface area contributed by atoms with E-state index in [9.17, 15) is 4.79 Å². The Hall–Kier alpha value is -2.97. The molecule has 7 nitrogen and oxygen atoms in total. The van der Waals surface area contributed by atoms with Crippen LogP contribution in [0.25, 0.3) is 11.4 Å². The number of methoxy groups -OCH3 is 1. The van der Waals surface area contributed by atoms with E-state index in [4.69, 9.17) is 17.0 Å². The van der Waals surface area contributed by atoms with Crippen molar-refractivity contribution in [3.05, 3.63) is 64.9 Å². The van der Waals surface area contributed by atoms with Crippen LogP contribution in [-0.4, -0.2) is 53.3 Å². The summed E-state index contributed by atoms with van der Waals surface area (Å²) >= 11 is 5.38. The van der Waals surface area contributed by atoms with Crippen LogP contribution in [0.15, 0.2) is 54.6 Å². The van der Waals surface area contributed by atoms with Crippen molar-refractivity contribution in [3.63, 3.8) is 0 Å². The molecule has 0 aliphatic rings. The first kappa shape index (κ1) is 21.7. The predicted octanol–water partition coefficient (Wildman–Crippen LogP) is 3.43. The van der Waals surface area contributed by atoms with Crippen LogP contribution in [0.1, 0.15) is 18.0 Å². The smallest absolute Gasteiger partial charge is 0.222 e. The number of carbonyl (C=O) groups excluding carboxylic acids is 1. The summed E-state index contributed by atoms with van der Waals surface area (Å²) in [5.74, 6) is 1.43. The van der Waals surface area contributed by atoms with Gasteiger partial charge in [-0.25, -0.2) is 0 Å². The minimum atomic E-state index is -0.0768. The molecule has 158 valence electrons. The molecule has 3 aromatic rings. The Bertz CT molecular complexity index is 1010. The normalized spacial score (nSPS) is 12.0. The molecule has 0 saturated carbocycles. The summed E-state index contributed by atoms with van der Waals surface area (Å²) in [6.07, 6.45) is 0.299. The molecule has 8 heteroatoms. The molecule has 0 aliphatic heterocycles. The number of carbonyl (C=O) groups is 1. The van der Waals surface area contributed by atoms with Crippen LogP contribution in [0.4, 0.5) is 0 Å². The maximum Gasteiger partial charge on any atom is 0.222 e. The number of amides is 1. The molecule has 1 heterocycles. The number of hydrogen-bond donors (Lipinski definition) is 2. The van der Waals surface area contributed by atoms with Gasteiger partial charge in [0.15, 0.2) is 10.6 Å². The Labute approximate surface area is 181 Å². The van der Waals surface area contributed by atoms with E-state index in [1.165, 1.54) is 0 Å². The Morgan fingerprint density at radius 1 is 1.20 bits per heavy atom. The highest BCUT2D eigenvalue weighted by atomic mass is 32.1. The van der Waals surface area contributed by atoms with Crippen molar-refractivity contribution in [3.8, 4) is 17.1 Å². The van der Waals surface area contributed by atoms with Crippen molar-refractivity contribution in [2.75, 3.05) is 27.7 Å². The van der Waals surface area contributed by atoms with E-state index in [1.54, 1.807) is 7.11 Å². The average Bonchev–Trinajstić information content (AvgIpc) is 3.12. The fraction of sp³-hybridized carbons (Fsp3) is 0.318. The van der Waals surface area contributed by atoms with Crippen LogP contribution < -0.4 is 10.1 Å². The van der Waals surface area contributed by atoms with Crippen molar-refractivity contribution in [2.24, 2.45) is 0 Å². The third kappa shape index (κ3) is 5.55. The fourth-order valence-electron chi connectivity index (χ4n) is 3.25. The summed E-state index contributed by atoms with van der Waals surface area (Å²) in [5.41, 5.74) is 1.98. The van der Waals surface area contributed by atoms with Crippen molar-refractivity contribution in [1.29, 1.82) is 0 Å². The minimum absolute atomic E-state index is 0.0329. The largest absolute Gasteiger partial charge is 0.497 e. The molecule has 2 aromatic carbocycles. The molecule has 1 atom stereocenters. The zero-order valence-corrected chi connectivity index (χ0v) is 18.3. The topological polar surface area (TPSA) is 75.2 Å². The molecule has 0 radical (unpaired) electrons. The summed E-state index contributed by atoms with van der Waals surface area (Å²) in [4.78, 5) is 14.8. The van der Waals surface area contributed by atoms with Gasteiger partial charge in [-0.2, -0.15) is 5.10 Å². The maximum absolute atomic E-state index is 12.7. The van der Waals surface area contributed by atoms with Crippen molar-refractivity contribution in [2.45, 2.75) is 19.0 Å².